The Bertz CT molecular complexity index is 372. The molecule has 1 aliphatic rings. The fraction of sp³-hybridized carbons (Fsp3) is 0.625. The topological polar surface area (TPSA) is 18.5 Å². The van der Waals surface area contributed by atoms with Crippen molar-refractivity contribution in [2.75, 3.05) is 43.5 Å². The van der Waals surface area contributed by atoms with Crippen LogP contribution in [0.1, 0.15) is 26.2 Å². The molecule has 0 spiro atoms. The van der Waals surface area contributed by atoms with Gasteiger partial charge in [-0.05, 0) is 43.7 Å². The zero-order chi connectivity index (χ0) is 13.7. The van der Waals surface area contributed by atoms with Crippen LogP contribution in [0.25, 0.3) is 0 Å². The van der Waals surface area contributed by atoms with Crippen LogP contribution in [0.15, 0.2) is 24.3 Å². The lowest BCUT2D eigenvalue weighted by Crippen LogP contribution is -2.37. The lowest BCUT2D eigenvalue weighted by atomic mass is 10.1. The van der Waals surface area contributed by atoms with E-state index in [9.17, 15) is 0 Å². The summed E-state index contributed by atoms with van der Waals surface area (Å²) in [7, 11) is 4.17. The maximum Gasteiger partial charge on any atom is 0.0368 e. The minimum absolute atomic E-state index is 0.640. The second-order valence-electron chi connectivity index (χ2n) is 5.65. The molecule has 1 aromatic carbocycles. The summed E-state index contributed by atoms with van der Waals surface area (Å²) in [6, 6.07) is 9.57. The van der Waals surface area contributed by atoms with Crippen LogP contribution in [0.2, 0.25) is 0 Å². The van der Waals surface area contributed by atoms with Crippen LogP contribution < -0.4 is 15.1 Å². The van der Waals surface area contributed by atoms with Gasteiger partial charge in [-0.2, -0.15) is 0 Å². The number of hydrogen-bond donors (Lipinski definition) is 1. The zero-order valence-electron chi connectivity index (χ0n) is 12.5. The third-order valence-electron chi connectivity index (χ3n) is 3.85. The molecular weight excluding hydrogens is 234 g/mol. The molecule has 0 aromatic heterocycles. The van der Waals surface area contributed by atoms with Crippen molar-refractivity contribution in [1.29, 1.82) is 0 Å². The van der Waals surface area contributed by atoms with Crippen LogP contribution in [0.4, 0.5) is 11.4 Å². The monoisotopic (exact) mass is 261 g/mol. The number of rotatable bonds is 4. The van der Waals surface area contributed by atoms with Crippen molar-refractivity contribution in [1.82, 2.24) is 5.32 Å². The van der Waals surface area contributed by atoms with Gasteiger partial charge in [0.25, 0.3) is 0 Å². The molecule has 1 aromatic rings. The number of anilines is 2. The summed E-state index contributed by atoms with van der Waals surface area (Å²) in [6.45, 7) is 5.71. The van der Waals surface area contributed by atoms with E-state index < -0.39 is 0 Å². The number of nitrogens with one attached hydrogen (secondary N) is 1. The molecule has 3 nitrogen and oxygen atoms in total. The lowest BCUT2D eigenvalue weighted by molar-refractivity contribution is 0.502. The summed E-state index contributed by atoms with van der Waals surface area (Å²) < 4.78 is 0. The van der Waals surface area contributed by atoms with Crippen molar-refractivity contribution >= 4 is 11.4 Å². The van der Waals surface area contributed by atoms with E-state index in [1.165, 1.54) is 30.6 Å². The molecule has 0 amide bonds. The first kappa shape index (κ1) is 14.2. The smallest absolute Gasteiger partial charge is 0.0368 e. The van der Waals surface area contributed by atoms with Gasteiger partial charge >= 0.3 is 0 Å². The highest BCUT2D eigenvalue weighted by atomic mass is 15.2. The Morgan fingerprint density at radius 3 is 2.63 bits per heavy atom. The zero-order valence-corrected chi connectivity index (χ0v) is 12.5. The van der Waals surface area contributed by atoms with E-state index >= 15 is 0 Å². The third kappa shape index (κ3) is 3.87. The minimum atomic E-state index is 0.640. The summed E-state index contributed by atoms with van der Waals surface area (Å²) in [5, 5.41) is 3.66. The van der Waals surface area contributed by atoms with Gasteiger partial charge in [-0.3, -0.25) is 0 Å². The van der Waals surface area contributed by atoms with Crippen LogP contribution in [-0.2, 0) is 0 Å². The molecule has 0 bridgehead atoms. The van der Waals surface area contributed by atoms with Crippen molar-refractivity contribution in [2.45, 2.75) is 32.2 Å². The second kappa shape index (κ2) is 6.80. The average Bonchev–Trinajstić information content (AvgIpc) is 2.65. The van der Waals surface area contributed by atoms with Crippen LogP contribution in [-0.4, -0.2) is 39.8 Å². The van der Waals surface area contributed by atoms with Crippen LogP contribution in [0, 0.1) is 0 Å². The molecule has 3 heteroatoms. The SMILES string of the molecule is CCCC1CN(c2ccc(N(C)C)cc2)CCCN1. The quantitative estimate of drug-likeness (QED) is 0.899. The highest BCUT2D eigenvalue weighted by Gasteiger charge is 2.17. The van der Waals surface area contributed by atoms with E-state index in [4.69, 9.17) is 0 Å². The second-order valence-corrected chi connectivity index (χ2v) is 5.65. The van der Waals surface area contributed by atoms with Crippen LogP contribution in [0.5, 0.6) is 0 Å². The first-order valence-corrected chi connectivity index (χ1v) is 7.46. The molecule has 0 saturated carbocycles. The summed E-state index contributed by atoms with van der Waals surface area (Å²) >= 11 is 0. The molecule has 1 saturated heterocycles. The van der Waals surface area contributed by atoms with Gasteiger partial charge < -0.3 is 15.1 Å². The molecule has 1 unspecified atom stereocenters. The molecule has 19 heavy (non-hydrogen) atoms. The van der Waals surface area contributed by atoms with Crippen LogP contribution >= 0.6 is 0 Å². The predicted molar refractivity (Wildman–Crippen MR) is 84.3 cm³/mol. The van der Waals surface area contributed by atoms with Crippen LogP contribution in [0.3, 0.4) is 0 Å². The minimum Gasteiger partial charge on any atom is -0.378 e. The molecule has 1 fully saturated rings. The van der Waals surface area contributed by atoms with E-state index in [1.54, 1.807) is 0 Å². The summed E-state index contributed by atoms with van der Waals surface area (Å²) in [6.07, 6.45) is 3.76. The molecule has 106 valence electrons. The Hall–Kier alpha value is -1.22. The van der Waals surface area contributed by atoms with E-state index in [2.05, 4.69) is 60.4 Å². The van der Waals surface area contributed by atoms with Gasteiger partial charge in [-0.1, -0.05) is 13.3 Å². The normalized spacial score (nSPS) is 20.2. The van der Waals surface area contributed by atoms with Gasteiger partial charge in [0.2, 0.25) is 0 Å². The molecule has 1 aliphatic heterocycles. The van der Waals surface area contributed by atoms with Crippen molar-refractivity contribution in [2.24, 2.45) is 0 Å². The maximum absolute atomic E-state index is 3.66. The Morgan fingerprint density at radius 2 is 2.00 bits per heavy atom. The van der Waals surface area contributed by atoms with E-state index in [-0.39, 0.29) is 0 Å². The standard InChI is InChI=1S/C16H27N3/c1-4-6-14-13-19(12-5-11-17-14)16-9-7-15(8-10-16)18(2)3/h7-10,14,17H,4-6,11-13H2,1-3H3. The van der Waals surface area contributed by atoms with Crippen molar-refractivity contribution < 1.29 is 0 Å². The van der Waals surface area contributed by atoms with Gasteiger partial charge in [0.1, 0.15) is 0 Å². The number of benzene rings is 1. The Balaban J connectivity index is 2.06. The Kier molecular flexibility index (Phi) is 5.08. The van der Waals surface area contributed by atoms with Crippen molar-refractivity contribution in [3.63, 3.8) is 0 Å². The highest BCUT2D eigenvalue weighted by Crippen LogP contribution is 2.21. The number of hydrogen-bond acceptors (Lipinski definition) is 3. The maximum atomic E-state index is 3.66. The van der Waals surface area contributed by atoms with E-state index in [1.807, 2.05) is 0 Å². The first-order chi connectivity index (χ1) is 9.20. The predicted octanol–water partition coefficient (Wildman–Crippen LogP) is 2.72. The number of nitrogens with zero attached hydrogens (tertiary/aromatic N) is 2. The summed E-state index contributed by atoms with van der Waals surface area (Å²) in [5.41, 5.74) is 2.62. The Labute approximate surface area is 117 Å². The first-order valence-electron chi connectivity index (χ1n) is 7.46. The molecule has 0 radical (unpaired) electrons. The van der Waals surface area contributed by atoms with Crippen molar-refractivity contribution in [3.8, 4) is 0 Å². The molecule has 1 N–H and O–H groups in total. The molecular formula is C16H27N3. The largest absolute Gasteiger partial charge is 0.378 e. The van der Waals surface area contributed by atoms with Gasteiger partial charge in [0.15, 0.2) is 0 Å². The lowest BCUT2D eigenvalue weighted by Gasteiger charge is -2.27. The summed E-state index contributed by atoms with van der Waals surface area (Å²) in [4.78, 5) is 4.67. The van der Waals surface area contributed by atoms with Gasteiger partial charge in [-0.25, -0.2) is 0 Å². The summed E-state index contributed by atoms with van der Waals surface area (Å²) in [5.74, 6) is 0. The fourth-order valence-corrected chi connectivity index (χ4v) is 2.74. The molecule has 1 atom stereocenters. The highest BCUT2D eigenvalue weighted by molar-refractivity contribution is 5.56. The van der Waals surface area contributed by atoms with E-state index in [0.29, 0.717) is 6.04 Å². The molecule has 1 heterocycles. The van der Waals surface area contributed by atoms with Gasteiger partial charge in [0.05, 0.1) is 0 Å². The fourth-order valence-electron chi connectivity index (χ4n) is 2.74. The molecule has 0 aliphatic carbocycles. The average molecular weight is 261 g/mol. The molecule has 2 rings (SSSR count). The van der Waals surface area contributed by atoms with Crippen molar-refractivity contribution in [3.05, 3.63) is 24.3 Å². The third-order valence-corrected chi connectivity index (χ3v) is 3.85. The van der Waals surface area contributed by atoms with Gasteiger partial charge in [0, 0.05) is 44.6 Å². The van der Waals surface area contributed by atoms with Gasteiger partial charge in [-0.15, -0.1) is 0 Å². The van der Waals surface area contributed by atoms with E-state index in [0.717, 1.165) is 19.6 Å². The Morgan fingerprint density at radius 1 is 1.26 bits per heavy atom.